The Kier molecular flexibility index (Phi) is 6.57. The highest BCUT2D eigenvalue weighted by Gasteiger charge is 2.18. The van der Waals surface area contributed by atoms with E-state index in [4.69, 9.17) is 22.1 Å². The molecule has 2 heterocycles. The van der Waals surface area contributed by atoms with Crippen LogP contribution < -0.4 is 21.3 Å². The Morgan fingerprint density at radius 1 is 1.00 bits per heavy atom. The monoisotopic (exact) mass is 528 g/mol. The predicted molar refractivity (Wildman–Crippen MR) is 147 cm³/mol. The summed E-state index contributed by atoms with van der Waals surface area (Å²) in [6.45, 7) is 3.89. The normalized spacial score (nSPS) is 10.9. The second-order valence-corrected chi connectivity index (χ2v) is 9.19. The number of aryl methyl sites for hydroxylation is 2. The number of para-hydroxylation sites is 1. The Labute approximate surface area is 222 Å². The van der Waals surface area contributed by atoms with Gasteiger partial charge in [0.25, 0.3) is 11.5 Å². The molecule has 9 heteroatoms. The maximum Gasteiger partial charge on any atom is 0.268 e. The fourth-order valence-electron chi connectivity index (χ4n) is 4.26. The Morgan fingerprint density at radius 2 is 1.74 bits per heavy atom. The Morgan fingerprint density at radius 3 is 2.47 bits per heavy atom. The molecule has 3 N–H and O–H groups in total. The summed E-state index contributed by atoms with van der Waals surface area (Å²) in [5.74, 6) is -1.36. The van der Waals surface area contributed by atoms with Crippen LogP contribution in [0.2, 0.25) is 5.02 Å². The molecule has 5 aromatic rings. The van der Waals surface area contributed by atoms with E-state index in [9.17, 15) is 14.0 Å². The molecule has 0 aliphatic heterocycles. The molecule has 0 aliphatic carbocycles. The SMILES string of the molecule is Cc1cc(C)cc(-n2c(=O)c(C(=O)Nc3ccc(Oc4ccnc(N)c4Cl)c(F)c3)cc3ccccc32)c1. The van der Waals surface area contributed by atoms with Crippen molar-refractivity contribution in [3.8, 4) is 17.2 Å². The molecule has 38 heavy (non-hydrogen) atoms. The zero-order valence-corrected chi connectivity index (χ0v) is 21.2. The molecule has 190 valence electrons. The van der Waals surface area contributed by atoms with Crippen molar-refractivity contribution < 1.29 is 13.9 Å². The molecule has 0 saturated heterocycles. The number of amides is 1. The smallest absolute Gasteiger partial charge is 0.268 e. The van der Waals surface area contributed by atoms with Crippen molar-refractivity contribution in [1.29, 1.82) is 0 Å². The number of halogens is 2. The van der Waals surface area contributed by atoms with Gasteiger partial charge in [0.05, 0.1) is 5.52 Å². The minimum Gasteiger partial charge on any atom is -0.453 e. The fraction of sp³-hybridized carbons (Fsp3) is 0.0690. The summed E-state index contributed by atoms with van der Waals surface area (Å²) >= 11 is 6.07. The standard InChI is InChI=1S/C29H22ClFN4O3/c1-16-11-17(2)13-20(12-16)35-23-6-4-3-5-18(23)14-21(29(35)37)28(36)34-19-7-8-24(22(31)15-19)38-25-9-10-33-27(32)26(25)30/h3-15H,1-2H3,(H2,32,33)(H,34,36). The van der Waals surface area contributed by atoms with E-state index in [0.29, 0.717) is 16.6 Å². The highest BCUT2D eigenvalue weighted by Crippen LogP contribution is 2.34. The lowest BCUT2D eigenvalue weighted by Crippen LogP contribution is -2.28. The molecule has 0 bridgehead atoms. The summed E-state index contributed by atoms with van der Waals surface area (Å²) in [5, 5.41) is 3.38. The van der Waals surface area contributed by atoms with E-state index in [1.54, 1.807) is 0 Å². The lowest BCUT2D eigenvalue weighted by atomic mass is 10.1. The maximum absolute atomic E-state index is 14.8. The van der Waals surface area contributed by atoms with Gasteiger partial charge in [-0.05, 0) is 66.8 Å². The van der Waals surface area contributed by atoms with Crippen molar-refractivity contribution in [2.45, 2.75) is 13.8 Å². The van der Waals surface area contributed by atoms with Gasteiger partial charge < -0.3 is 15.8 Å². The van der Waals surface area contributed by atoms with Gasteiger partial charge in [0.2, 0.25) is 0 Å². The minimum absolute atomic E-state index is 0.0512. The number of benzene rings is 3. The van der Waals surface area contributed by atoms with E-state index in [1.807, 2.05) is 56.3 Å². The van der Waals surface area contributed by atoms with Crippen molar-refractivity contribution in [2.75, 3.05) is 11.1 Å². The number of nitrogen functional groups attached to an aromatic ring is 1. The van der Waals surface area contributed by atoms with Crippen molar-refractivity contribution in [2.24, 2.45) is 0 Å². The summed E-state index contributed by atoms with van der Waals surface area (Å²) in [4.78, 5) is 30.7. The maximum atomic E-state index is 14.8. The molecule has 7 nitrogen and oxygen atoms in total. The van der Waals surface area contributed by atoms with Crippen molar-refractivity contribution in [3.05, 3.63) is 117 Å². The average molecular weight is 529 g/mol. The number of nitrogens with two attached hydrogens (primary N) is 1. The third-order valence-corrected chi connectivity index (χ3v) is 6.29. The molecule has 5 rings (SSSR count). The lowest BCUT2D eigenvalue weighted by molar-refractivity contribution is 0.102. The van der Waals surface area contributed by atoms with Gasteiger partial charge in [-0.1, -0.05) is 35.9 Å². The van der Waals surface area contributed by atoms with Crippen LogP contribution in [-0.2, 0) is 0 Å². The number of rotatable bonds is 5. The number of carbonyl (C=O) groups excluding carboxylic acids is 1. The van der Waals surface area contributed by atoms with E-state index < -0.39 is 17.3 Å². The number of nitrogens with one attached hydrogen (secondary N) is 1. The van der Waals surface area contributed by atoms with Gasteiger partial charge in [0.1, 0.15) is 16.4 Å². The van der Waals surface area contributed by atoms with Gasteiger partial charge in [-0.25, -0.2) is 9.37 Å². The molecular weight excluding hydrogens is 507 g/mol. The molecule has 1 amide bonds. The molecule has 0 spiro atoms. The van der Waals surface area contributed by atoms with Gasteiger partial charge in [0, 0.05) is 29.7 Å². The van der Waals surface area contributed by atoms with E-state index in [0.717, 1.165) is 17.2 Å². The number of anilines is 2. The summed E-state index contributed by atoms with van der Waals surface area (Å²) in [6.07, 6.45) is 1.39. The van der Waals surface area contributed by atoms with Crippen molar-refractivity contribution in [3.63, 3.8) is 0 Å². The summed E-state index contributed by atoms with van der Waals surface area (Å²) in [6, 6.07) is 20.0. The zero-order valence-electron chi connectivity index (χ0n) is 20.5. The minimum atomic E-state index is -0.750. The van der Waals surface area contributed by atoms with Gasteiger partial charge in [-0.2, -0.15) is 0 Å². The van der Waals surface area contributed by atoms with Crippen molar-refractivity contribution >= 4 is 39.9 Å². The highest BCUT2D eigenvalue weighted by molar-refractivity contribution is 6.34. The predicted octanol–water partition coefficient (Wildman–Crippen LogP) is 6.42. The van der Waals surface area contributed by atoms with Gasteiger partial charge >= 0.3 is 0 Å². The topological polar surface area (TPSA) is 99.2 Å². The largest absolute Gasteiger partial charge is 0.453 e. The number of aromatic nitrogens is 2. The van der Waals surface area contributed by atoms with Crippen molar-refractivity contribution in [1.82, 2.24) is 9.55 Å². The van der Waals surface area contributed by atoms with Gasteiger partial charge in [-0.15, -0.1) is 0 Å². The molecule has 0 unspecified atom stereocenters. The summed E-state index contributed by atoms with van der Waals surface area (Å²) in [7, 11) is 0. The van der Waals surface area contributed by atoms with Crippen LogP contribution in [0.4, 0.5) is 15.9 Å². The van der Waals surface area contributed by atoms with Crippen LogP contribution in [0.5, 0.6) is 11.5 Å². The second-order valence-electron chi connectivity index (χ2n) is 8.81. The number of fused-ring (bicyclic) bond motifs is 1. The number of ether oxygens (including phenoxy) is 1. The van der Waals surface area contributed by atoms with Crippen LogP contribution in [0, 0.1) is 19.7 Å². The van der Waals surface area contributed by atoms with Crippen LogP contribution >= 0.6 is 11.6 Å². The first-order valence-electron chi connectivity index (χ1n) is 11.6. The zero-order chi connectivity index (χ0) is 27.0. The quantitative estimate of drug-likeness (QED) is 0.274. The molecule has 0 aliphatic rings. The van der Waals surface area contributed by atoms with Gasteiger partial charge in [0.15, 0.2) is 17.3 Å². The van der Waals surface area contributed by atoms with E-state index in [2.05, 4.69) is 10.3 Å². The lowest BCUT2D eigenvalue weighted by Gasteiger charge is -2.15. The molecule has 0 atom stereocenters. The third kappa shape index (κ3) is 4.81. The molecule has 3 aromatic carbocycles. The van der Waals surface area contributed by atoms with Crippen LogP contribution in [-0.4, -0.2) is 15.5 Å². The Balaban J connectivity index is 1.49. The Bertz CT molecular complexity index is 1760. The first-order valence-corrected chi connectivity index (χ1v) is 12.0. The van der Waals surface area contributed by atoms with Gasteiger partial charge in [-0.3, -0.25) is 14.2 Å². The third-order valence-electron chi connectivity index (χ3n) is 5.91. The highest BCUT2D eigenvalue weighted by atomic mass is 35.5. The number of nitrogens with zero attached hydrogens (tertiary/aromatic N) is 2. The number of pyridine rings is 2. The molecule has 0 fully saturated rings. The van der Waals surface area contributed by atoms with Crippen LogP contribution in [0.3, 0.4) is 0 Å². The number of hydrogen-bond donors (Lipinski definition) is 2. The Hall–Kier alpha value is -4.69. The van der Waals surface area contributed by atoms with E-state index >= 15 is 0 Å². The molecule has 0 radical (unpaired) electrons. The van der Waals surface area contributed by atoms with Crippen LogP contribution in [0.15, 0.2) is 83.8 Å². The number of carbonyl (C=O) groups is 1. The van der Waals surface area contributed by atoms with E-state index in [-0.39, 0.29) is 33.6 Å². The fourth-order valence-corrected chi connectivity index (χ4v) is 4.41. The summed E-state index contributed by atoms with van der Waals surface area (Å²) in [5.41, 5.74) is 8.53. The first-order chi connectivity index (χ1) is 18.2. The second kappa shape index (κ2) is 9.99. The number of hydrogen-bond acceptors (Lipinski definition) is 5. The molecular formula is C29H22ClFN4O3. The molecule has 0 saturated carbocycles. The summed E-state index contributed by atoms with van der Waals surface area (Å²) < 4.78 is 21.9. The van der Waals surface area contributed by atoms with Crippen LogP contribution in [0.25, 0.3) is 16.6 Å². The first kappa shape index (κ1) is 25.0. The average Bonchev–Trinajstić information content (AvgIpc) is 2.87. The van der Waals surface area contributed by atoms with E-state index in [1.165, 1.54) is 35.0 Å². The van der Waals surface area contributed by atoms with Crippen LogP contribution in [0.1, 0.15) is 21.5 Å². The molecule has 2 aromatic heterocycles.